The number of piperidine rings is 1. The molecule has 0 aromatic carbocycles. The number of rotatable bonds is 3. The van der Waals surface area contributed by atoms with E-state index in [4.69, 9.17) is 0 Å². The van der Waals surface area contributed by atoms with Gasteiger partial charge in [-0.05, 0) is 32.1 Å². The lowest BCUT2D eigenvalue weighted by atomic mass is 9.95. The molecular formula is C14H21N3O3S. The van der Waals surface area contributed by atoms with Gasteiger partial charge in [0.2, 0.25) is 11.0 Å². The van der Waals surface area contributed by atoms with Crippen molar-refractivity contribution in [3.63, 3.8) is 0 Å². The van der Waals surface area contributed by atoms with Crippen molar-refractivity contribution < 1.29 is 14.4 Å². The summed E-state index contributed by atoms with van der Waals surface area (Å²) in [6.07, 6.45) is 4.25. The van der Waals surface area contributed by atoms with E-state index < -0.39 is 0 Å². The molecule has 2 heterocycles. The van der Waals surface area contributed by atoms with Gasteiger partial charge >= 0.3 is 6.03 Å². The maximum atomic E-state index is 12.2. The van der Waals surface area contributed by atoms with Crippen LogP contribution in [0.3, 0.4) is 0 Å². The first-order chi connectivity index (χ1) is 10.1. The Bertz CT molecular complexity index is 445. The third kappa shape index (κ3) is 3.70. The molecule has 1 atom stereocenters. The molecule has 1 aliphatic carbocycles. The first-order valence-corrected chi connectivity index (χ1v) is 8.64. The lowest BCUT2D eigenvalue weighted by molar-refractivity contribution is -0.128. The molecule has 0 aromatic rings. The summed E-state index contributed by atoms with van der Waals surface area (Å²) in [5, 5.41) is 5.90. The van der Waals surface area contributed by atoms with Gasteiger partial charge in [0.25, 0.3) is 0 Å². The minimum absolute atomic E-state index is 0.00118. The fraction of sp³-hybridized carbons (Fsp3) is 0.786. The average Bonchev–Trinajstić information content (AvgIpc) is 3.21. The van der Waals surface area contributed by atoms with Crippen LogP contribution in [0.2, 0.25) is 0 Å². The molecule has 0 aromatic heterocycles. The molecule has 21 heavy (non-hydrogen) atoms. The van der Waals surface area contributed by atoms with Crippen molar-refractivity contribution in [1.29, 1.82) is 0 Å². The van der Waals surface area contributed by atoms with E-state index in [0.717, 1.165) is 25.0 Å². The summed E-state index contributed by atoms with van der Waals surface area (Å²) in [7, 11) is 0. The van der Waals surface area contributed by atoms with E-state index in [9.17, 15) is 14.4 Å². The van der Waals surface area contributed by atoms with E-state index in [-0.39, 0.29) is 29.0 Å². The van der Waals surface area contributed by atoms with E-state index in [1.54, 1.807) is 4.90 Å². The minimum atomic E-state index is -0.307. The van der Waals surface area contributed by atoms with Gasteiger partial charge in [0, 0.05) is 30.8 Å². The van der Waals surface area contributed by atoms with Crippen LogP contribution >= 0.6 is 11.8 Å². The molecule has 1 unspecified atom stereocenters. The fourth-order valence-corrected chi connectivity index (χ4v) is 3.69. The number of likely N-dealkylation sites (tertiary alicyclic amines) is 1. The monoisotopic (exact) mass is 311 g/mol. The standard InChI is InChI=1S/C14H21N3O3S/c18-12(16-11-5-8-21-13(11)19)9-3-6-17(7-4-9)14(20)15-10-1-2-10/h9-11H,1-8H2,(H,15,20)(H,16,18). The van der Waals surface area contributed by atoms with Gasteiger partial charge in [0.15, 0.2) is 0 Å². The SMILES string of the molecule is O=C(NC1CCSC1=O)C1CCN(C(=O)NC2CC2)CC1. The smallest absolute Gasteiger partial charge is 0.317 e. The first kappa shape index (κ1) is 14.7. The van der Waals surface area contributed by atoms with Gasteiger partial charge in [-0.15, -0.1) is 0 Å². The summed E-state index contributed by atoms with van der Waals surface area (Å²) in [5.41, 5.74) is 0. The molecule has 2 saturated heterocycles. The zero-order valence-electron chi connectivity index (χ0n) is 12.0. The van der Waals surface area contributed by atoms with Crippen LogP contribution in [-0.2, 0) is 9.59 Å². The topological polar surface area (TPSA) is 78.5 Å². The van der Waals surface area contributed by atoms with Crippen LogP contribution in [0.1, 0.15) is 32.1 Å². The van der Waals surface area contributed by atoms with Crippen molar-refractivity contribution in [3.05, 3.63) is 0 Å². The summed E-state index contributed by atoms with van der Waals surface area (Å²) in [6.45, 7) is 1.23. The molecule has 3 rings (SSSR count). The van der Waals surface area contributed by atoms with Crippen molar-refractivity contribution in [3.8, 4) is 0 Å². The van der Waals surface area contributed by atoms with Crippen molar-refractivity contribution in [2.75, 3.05) is 18.8 Å². The predicted octanol–water partition coefficient (Wildman–Crippen LogP) is 0.719. The molecule has 0 radical (unpaired) electrons. The quantitative estimate of drug-likeness (QED) is 0.805. The Morgan fingerprint density at radius 2 is 1.76 bits per heavy atom. The second kappa shape index (κ2) is 6.25. The number of amides is 3. The Morgan fingerprint density at radius 3 is 2.33 bits per heavy atom. The van der Waals surface area contributed by atoms with Crippen LogP contribution < -0.4 is 10.6 Å². The number of urea groups is 1. The van der Waals surface area contributed by atoms with Crippen LogP contribution in [0.25, 0.3) is 0 Å². The number of carbonyl (C=O) groups is 3. The number of hydrogen-bond acceptors (Lipinski definition) is 4. The average molecular weight is 311 g/mol. The van der Waals surface area contributed by atoms with Crippen LogP contribution in [0.5, 0.6) is 0 Å². The van der Waals surface area contributed by atoms with Gasteiger partial charge in [-0.3, -0.25) is 9.59 Å². The maximum Gasteiger partial charge on any atom is 0.317 e. The molecule has 3 aliphatic rings. The molecule has 3 fully saturated rings. The second-order valence-electron chi connectivity index (χ2n) is 6.00. The fourth-order valence-electron chi connectivity index (χ4n) is 2.75. The van der Waals surface area contributed by atoms with Crippen molar-refractivity contribution in [2.45, 2.75) is 44.2 Å². The molecular weight excluding hydrogens is 290 g/mol. The normalized spacial score (nSPS) is 26.8. The number of nitrogens with one attached hydrogen (secondary N) is 2. The lowest BCUT2D eigenvalue weighted by Crippen LogP contribution is -2.48. The van der Waals surface area contributed by atoms with Gasteiger partial charge in [0.1, 0.15) is 0 Å². The summed E-state index contributed by atoms with van der Waals surface area (Å²) in [6, 6.07) is 0.0572. The Hall–Kier alpha value is -1.24. The number of carbonyl (C=O) groups excluding carboxylic acids is 3. The van der Waals surface area contributed by atoms with Crippen molar-refractivity contribution in [1.82, 2.24) is 15.5 Å². The molecule has 6 nitrogen and oxygen atoms in total. The number of thioether (sulfide) groups is 1. The lowest BCUT2D eigenvalue weighted by Gasteiger charge is -2.31. The van der Waals surface area contributed by atoms with Crippen LogP contribution in [-0.4, -0.2) is 52.9 Å². The highest BCUT2D eigenvalue weighted by Crippen LogP contribution is 2.23. The molecule has 0 bridgehead atoms. The summed E-state index contributed by atoms with van der Waals surface area (Å²) in [5.74, 6) is 0.690. The van der Waals surface area contributed by atoms with Crippen LogP contribution in [0, 0.1) is 5.92 Å². The molecule has 3 amide bonds. The van der Waals surface area contributed by atoms with E-state index in [1.807, 2.05) is 0 Å². The molecule has 116 valence electrons. The number of hydrogen-bond donors (Lipinski definition) is 2. The Labute approximate surface area is 128 Å². The third-order valence-corrected chi connectivity index (χ3v) is 5.32. The summed E-state index contributed by atoms with van der Waals surface area (Å²) < 4.78 is 0. The Morgan fingerprint density at radius 1 is 1.05 bits per heavy atom. The molecule has 1 saturated carbocycles. The van der Waals surface area contributed by atoms with Crippen LogP contribution in [0.15, 0.2) is 0 Å². The summed E-state index contributed by atoms with van der Waals surface area (Å²) in [4.78, 5) is 37.4. The molecule has 2 N–H and O–H groups in total. The number of nitrogens with zero attached hydrogens (tertiary/aromatic N) is 1. The third-order valence-electron chi connectivity index (χ3n) is 4.31. The van der Waals surface area contributed by atoms with E-state index in [2.05, 4.69) is 10.6 Å². The first-order valence-electron chi connectivity index (χ1n) is 7.66. The highest BCUT2D eigenvalue weighted by atomic mass is 32.2. The highest BCUT2D eigenvalue weighted by Gasteiger charge is 2.33. The molecule has 2 aliphatic heterocycles. The second-order valence-corrected chi connectivity index (χ2v) is 7.10. The molecule has 7 heteroatoms. The highest BCUT2D eigenvalue weighted by molar-refractivity contribution is 8.14. The zero-order chi connectivity index (χ0) is 14.8. The van der Waals surface area contributed by atoms with Gasteiger partial charge in [0.05, 0.1) is 6.04 Å². The largest absolute Gasteiger partial charge is 0.345 e. The van der Waals surface area contributed by atoms with Gasteiger partial charge in [-0.1, -0.05) is 11.8 Å². The van der Waals surface area contributed by atoms with Crippen molar-refractivity contribution >= 4 is 28.8 Å². The Kier molecular flexibility index (Phi) is 4.37. The minimum Gasteiger partial charge on any atom is -0.345 e. The van der Waals surface area contributed by atoms with Gasteiger partial charge < -0.3 is 15.5 Å². The Balaban J connectivity index is 1.43. The maximum absolute atomic E-state index is 12.2. The van der Waals surface area contributed by atoms with Crippen molar-refractivity contribution in [2.24, 2.45) is 5.92 Å². The molecule has 0 spiro atoms. The van der Waals surface area contributed by atoms with Gasteiger partial charge in [-0.25, -0.2) is 4.79 Å². The zero-order valence-corrected chi connectivity index (χ0v) is 12.8. The predicted molar refractivity (Wildman–Crippen MR) is 79.9 cm³/mol. The van der Waals surface area contributed by atoms with E-state index >= 15 is 0 Å². The van der Waals surface area contributed by atoms with Gasteiger partial charge in [-0.2, -0.15) is 0 Å². The summed E-state index contributed by atoms with van der Waals surface area (Å²) >= 11 is 1.30. The van der Waals surface area contributed by atoms with E-state index in [0.29, 0.717) is 32.0 Å². The van der Waals surface area contributed by atoms with E-state index in [1.165, 1.54) is 11.8 Å². The van der Waals surface area contributed by atoms with Crippen LogP contribution in [0.4, 0.5) is 4.79 Å².